The van der Waals surface area contributed by atoms with E-state index in [4.69, 9.17) is 4.74 Å². The van der Waals surface area contributed by atoms with Crippen molar-refractivity contribution in [2.45, 2.75) is 33.1 Å². The summed E-state index contributed by atoms with van der Waals surface area (Å²) in [5, 5.41) is 0. The van der Waals surface area contributed by atoms with Crippen LogP contribution in [0.1, 0.15) is 38.7 Å². The molecule has 0 amide bonds. The molecule has 0 fully saturated rings. The van der Waals surface area contributed by atoms with Crippen LogP contribution in [0.25, 0.3) is 0 Å². The second-order valence-electron chi connectivity index (χ2n) is 4.12. The van der Waals surface area contributed by atoms with Crippen molar-refractivity contribution in [3.63, 3.8) is 0 Å². The molecular weight excluding hydrogens is 248 g/mol. The lowest BCUT2D eigenvalue weighted by molar-refractivity contribution is -0.131. The highest BCUT2D eigenvalue weighted by atomic mass is 16.5. The molecule has 0 saturated heterocycles. The number of hydrogen-bond acceptors (Lipinski definition) is 2. The molecule has 1 rings (SSSR count). The van der Waals surface area contributed by atoms with E-state index in [1.807, 2.05) is 12.1 Å². The van der Waals surface area contributed by atoms with Gasteiger partial charge in [0.1, 0.15) is 5.75 Å². The number of esters is 1. The Hall–Kier alpha value is -2.45. The molecule has 2 nitrogen and oxygen atoms in total. The van der Waals surface area contributed by atoms with Crippen molar-refractivity contribution >= 4 is 5.97 Å². The summed E-state index contributed by atoms with van der Waals surface area (Å²) in [5.41, 5.74) is 0.686. The van der Waals surface area contributed by atoms with Gasteiger partial charge in [-0.1, -0.05) is 49.2 Å². The van der Waals surface area contributed by atoms with Gasteiger partial charge in [-0.15, -0.1) is 0 Å². The fourth-order valence-electron chi connectivity index (χ4n) is 1.41. The van der Waals surface area contributed by atoms with Crippen LogP contribution < -0.4 is 4.74 Å². The summed E-state index contributed by atoms with van der Waals surface area (Å²) in [7, 11) is 0. The summed E-state index contributed by atoms with van der Waals surface area (Å²) in [4.78, 5) is 11.0. The predicted molar refractivity (Wildman–Crippen MR) is 81.1 cm³/mol. The van der Waals surface area contributed by atoms with E-state index in [1.54, 1.807) is 24.3 Å². The highest BCUT2D eigenvalue weighted by Crippen LogP contribution is 2.16. The Kier molecular flexibility index (Phi) is 7.39. The van der Waals surface area contributed by atoms with Gasteiger partial charge < -0.3 is 4.74 Å². The molecule has 20 heavy (non-hydrogen) atoms. The third kappa shape index (κ3) is 6.47. The summed E-state index contributed by atoms with van der Waals surface area (Å²) in [6.07, 6.45) is 6.64. The number of benzene rings is 1. The van der Waals surface area contributed by atoms with Crippen LogP contribution in [0.3, 0.4) is 0 Å². The molecule has 1 aromatic rings. The number of ether oxygens (including phenoxy) is 1. The van der Waals surface area contributed by atoms with Crippen LogP contribution in [0.4, 0.5) is 0 Å². The molecular formula is C18H18O2. The zero-order chi connectivity index (χ0) is 14.6. The molecule has 1 aromatic carbocycles. The van der Waals surface area contributed by atoms with Crippen molar-refractivity contribution in [2.75, 3.05) is 0 Å². The first-order chi connectivity index (χ1) is 9.74. The fraction of sp³-hybridized carbons (Fsp3) is 0.278. The lowest BCUT2D eigenvalue weighted by Gasteiger charge is -2.02. The normalized spacial score (nSPS) is 9.30. The molecule has 0 saturated carbocycles. The standard InChI is InChI=1S/C18H18O2/c1-3-4-5-6-7-8-9-10-13-17-14-11-12-15-18(17)20-16(2)19/h8-9,11-12,14-15H,3-5H2,1-2H3/b9-8-. The summed E-state index contributed by atoms with van der Waals surface area (Å²) < 4.78 is 5.07. The van der Waals surface area contributed by atoms with Gasteiger partial charge in [-0.2, -0.15) is 0 Å². The SMILES string of the molecule is CCCCC#C/C=C\C#Cc1ccccc1OC(C)=O. The predicted octanol–water partition coefficient (Wildman–Crippen LogP) is 3.71. The van der Waals surface area contributed by atoms with Crippen LogP contribution in [0, 0.1) is 23.7 Å². The van der Waals surface area contributed by atoms with Crippen molar-refractivity contribution in [1.82, 2.24) is 0 Å². The average molecular weight is 266 g/mol. The Labute approximate surface area is 120 Å². The minimum atomic E-state index is -0.350. The molecule has 0 aliphatic carbocycles. The molecule has 0 aliphatic rings. The maximum Gasteiger partial charge on any atom is 0.308 e. The zero-order valence-corrected chi connectivity index (χ0v) is 11.9. The van der Waals surface area contributed by atoms with Gasteiger partial charge >= 0.3 is 5.97 Å². The summed E-state index contributed by atoms with van der Waals surface area (Å²) in [6.45, 7) is 3.51. The molecule has 0 aliphatic heterocycles. The zero-order valence-electron chi connectivity index (χ0n) is 11.9. The minimum Gasteiger partial charge on any atom is -0.425 e. The van der Waals surface area contributed by atoms with E-state index in [2.05, 4.69) is 30.6 Å². The summed E-state index contributed by atoms with van der Waals surface area (Å²) in [5.74, 6) is 11.9. The van der Waals surface area contributed by atoms with E-state index in [0.29, 0.717) is 11.3 Å². The molecule has 0 atom stereocenters. The van der Waals surface area contributed by atoms with Gasteiger partial charge in [0, 0.05) is 13.3 Å². The smallest absolute Gasteiger partial charge is 0.308 e. The van der Waals surface area contributed by atoms with E-state index >= 15 is 0 Å². The molecule has 0 N–H and O–H groups in total. The van der Waals surface area contributed by atoms with E-state index < -0.39 is 0 Å². The molecule has 0 unspecified atom stereocenters. The Morgan fingerprint density at radius 1 is 1.25 bits per heavy atom. The lowest BCUT2D eigenvalue weighted by Crippen LogP contribution is -2.02. The second-order valence-corrected chi connectivity index (χ2v) is 4.12. The maximum absolute atomic E-state index is 11.0. The number of carbonyl (C=O) groups excluding carboxylic acids is 1. The Morgan fingerprint density at radius 2 is 2.00 bits per heavy atom. The summed E-state index contributed by atoms with van der Waals surface area (Å²) in [6, 6.07) is 7.19. The number of unbranched alkanes of at least 4 members (excludes halogenated alkanes) is 2. The van der Waals surface area contributed by atoms with Crippen LogP contribution in [-0.2, 0) is 4.79 Å². The van der Waals surface area contributed by atoms with Crippen LogP contribution >= 0.6 is 0 Å². The van der Waals surface area contributed by atoms with E-state index in [1.165, 1.54) is 6.92 Å². The van der Waals surface area contributed by atoms with Crippen LogP contribution in [-0.4, -0.2) is 5.97 Å². The second kappa shape index (κ2) is 9.48. The number of hydrogen-bond donors (Lipinski definition) is 0. The van der Waals surface area contributed by atoms with Crippen molar-refractivity contribution < 1.29 is 9.53 Å². The summed E-state index contributed by atoms with van der Waals surface area (Å²) >= 11 is 0. The molecule has 2 heteroatoms. The topological polar surface area (TPSA) is 26.3 Å². The van der Waals surface area contributed by atoms with Crippen molar-refractivity contribution in [2.24, 2.45) is 0 Å². The highest BCUT2D eigenvalue weighted by Gasteiger charge is 2.01. The first kappa shape index (κ1) is 15.6. The molecule has 0 aromatic heterocycles. The van der Waals surface area contributed by atoms with Crippen LogP contribution in [0.2, 0.25) is 0 Å². The van der Waals surface area contributed by atoms with Gasteiger partial charge in [0.15, 0.2) is 0 Å². The molecule has 0 radical (unpaired) electrons. The third-order valence-electron chi connectivity index (χ3n) is 2.35. The maximum atomic E-state index is 11.0. The Bertz CT molecular complexity index is 589. The van der Waals surface area contributed by atoms with E-state index in [-0.39, 0.29) is 5.97 Å². The first-order valence-electron chi connectivity index (χ1n) is 6.66. The number of allylic oxidation sites excluding steroid dienone is 2. The van der Waals surface area contributed by atoms with Crippen molar-refractivity contribution in [1.29, 1.82) is 0 Å². The monoisotopic (exact) mass is 266 g/mol. The lowest BCUT2D eigenvalue weighted by atomic mass is 10.2. The van der Waals surface area contributed by atoms with Gasteiger partial charge in [-0.3, -0.25) is 4.79 Å². The largest absolute Gasteiger partial charge is 0.425 e. The van der Waals surface area contributed by atoms with Gasteiger partial charge in [0.05, 0.1) is 5.56 Å². The molecule has 102 valence electrons. The molecule has 0 bridgehead atoms. The van der Waals surface area contributed by atoms with E-state index in [9.17, 15) is 4.79 Å². The first-order valence-corrected chi connectivity index (χ1v) is 6.66. The van der Waals surface area contributed by atoms with Gasteiger partial charge in [0.25, 0.3) is 0 Å². The minimum absolute atomic E-state index is 0.350. The highest BCUT2D eigenvalue weighted by molar-refractivity contribution is 5.70. The van der Waals surface area contributed by atoms with Gasteiger partial charge in [-0.05, 0) is 30.7 Å². The third-order valence-corrected chi connectivity index (χ3v) is 2.35. The van der Waals surface area contributed by atoms with E-state index in [0.717, 1.165) is 19.3 Å². The van der Waals surface area contributed by atoms with Crippen LogP contribution in [0.15, 0.2) is 36.4 Å². The Balaban J connectivity index is 2.64. The quantitative estimate of drug-likeness (QED) is 0.361. The molecule has 0 spiro atoms. The number of carbonyl (C=O) groups is 1. The van der Waals surface area contributed by atoms with Crippen LogP contribution in [0.5, 0.6) is 5.75 Å². The average Bonchev–Trinajstić information content (AvgIpc) is 2.43. The van der Waals surface area contributed by atoms with Crippen molar-refractivity contribution in [3.05, 3.63) is 42.0 Å². The van der Waals surface area contributed by atoms with Gasteiger partial charge in [-0.25, -0.2) is 0 Å². The Morgan fingerprint density at radius 3 is 2.75 bits per heavy atom. The van der Waals surface area contributed by atoms with Crippen molar-refractivity contribution in [3.8, 4) is 29.4 Å². The molecule has 0 heterocycles. The number of para-hydroxylation sites is 1. The number of rotatable bonds is 3. The van der Waals surface area contributed by atoms with Gasteiger partial charge in [0.2, 0.25) is 0 Å². The fourth-order valence-corrected chi connectivity index (χ4v) is 1.41.